The molecule has 1 heterocycles. The first kappa shape index (κ1) is 25.5. The number of nitrogens with two attached hydrogens (primary N) is 1. The van der Waals surface area contributed by atoms with Crippen molar-refractivity contribution in [2.45, 2.75) is 44.7 Å². The fourth-order valence-corrected chi connectivity index (χ4v) is 4.86. The molecule has 0 atom stereocenters. The lowest BCUT2D eigenvalue weighted by Crippen LogP contribution is -2.49. The van der Waals surface area contributed by atoms with Gasteiger partial charge in [0.2, 0.25) is 0 Å². The molecule has 0 spiro atoms. The first-order valence-corrected chi connectivity index (χ1v) is 12.5. The Hall–Kier alpha value is -3.59. The normalized spacial score (nSPS) is 20.0. The lowest BCUT2D eigenvalue weighted by molar-refractivity contribution is 0.0746. The average molecular weight is 494 g/mol. The van der Waals surface area contributed by atoms with Crippen molar-refractivity contribution in [3.8, 4) is 0 Å². The summed E-state index contributed by atoms with van der Waals surface area (Å²) in [6.45, 7) is 4.27. The third kappa shape index (κ3) is 6.15. The van der Waals surface area contributed by atoms with E-state index >= 15 is 0 Å². The summed E-state index contributed by atoms with van der Waals surface area (Å²) in [5.41, 5.74) is 9.46. The SMILES string of the molecule is COC(=O)Nc1cc(C(=O)NC2CCC(N)CC2)ccc1N1CCN(C(=O)c2cccc(C)c2)CC1. The minimum absolute atomic E-state index is 0.0157. The Balaban J connectivity index is 1.45. The van der Waals surface area contributed by atoms with Crippen molar-refractivity contribution in [2.75, 3.05) is 43.5 Å². The highest BCUT2D eigenvalue weighted by molar-refractivity contribution is 5.99. The van der Waals surface area contributed by atoms with E-state index in [0.717, 1.165) is 36.9 Å². The molecule has 0 unspecified atom stereocenters. The second-order valence-corrected chi connectivity index (χ2v) is 9.58. The largest absolute Gasteiger partial charge is 0.453 e. The van der Waals surface area contributed by atoms with Crippen molar-refractivity contribution in [1.29, 1.82) is 0 Å². The molecule has 36 heavy (non-hydrogen) atoms. The zero-order valence-corrected chi connectivity index (χ0v) is 21.0. The predicted octanol–water partition coefficient (Wildman–Crippen LogP) is 3.14. The van der Waals surface area contributed by atoms with Gasteiger partial charge in [0.1, 0.15) is 0 Å². The topological polar surface area (TPSA) is 117 Å². The summed E-state index contributed by atoms with van der Waals surface area (Å²) >= 11 is 0. The summed E-state index contributed by atoms with van der Waals surface area (Å²) in [4.78, 5) is 41.9. The van der Waals surface area contributed by atoms with Crippen LogP contribution in [0.2, 0.25) is 0 Å². The molecule has 2 aliphatic rings. The molecule has 1 aliphatic heterocycles. The Morgan fingerprint density at radius 2 is 1.67 bits per heavy atom. The molecule has 9 heteroatoms. The van der Waals surface area contributed by atoms with E-state index in [1.807, 2.05) is 42.2 Å². The molecule has 2 aromatic carbocycles. The second-order valence-electron chi connectivity index (χ2n) is 9.58. The van der Waals surface area contributed by atoms with Gasteiger partial charge in [0.05, 0.1) is 18.5 Å². The van der Waals surface area contributed by atoms with Gasteiger partial charge in [-0.3, -0.25) is 14.9 Å². The Morgan fingerprint density at radius 3 is 2.33 bits per heavy atom. The van der Waals surface area contributed by atoms with Crippen LogP contribution in [0.5, 0.6) is 0 Å². The zero-order valence-electron chi connectivity index (χ0n) is 21.0. The maximum Gasteiger partial charge on any atom is 0.411 e. The number of ether oxygens (including phenoxy) is 1. The maximum absolute atomic E-state index is 12.9. The van der Waals surface area contributed by atoms with E-state index in [4.69, 9.17) is 10.5 Å². The van der Waals surface area contributed by atoms with Crippen LogP contribution >= 0.6 is 0 Å². The van der Waals surface area contributed by atoms with E-state index in [9.17, 15) is 14.4 Å². The smallest absolute Gasteiger partial charge is 0.411 e. The van der Waals surface area contributed by atoms with E-state index in [1.165, 1.54) is 7.11 Å². The molecule has 4 N–H and O–H groups in total. The Bertz CT molecular complexity index is 1110. The summed E-state index contributed by atoms with van der Waals surface area (Å²) in [7, 11) is 1.30. The minimum atomic E-state index is -0.608. The highest BCUT2D eigenvalue weighted by atomic mass is 16.5. The predicted molar refractivity (Wildman–Crippen MR) is 139 cm³/mol. The number of hydrogen-bond acceptors (Lipinski definition) is 6. The third-order valence-electron chi connectivity index (χ3n) is 6.96. The number of carbonyl (C=O) groups is 3. The number of hydrogen-bond donors (Lipinski definition) is 3. The van der Waals surface area contributed by atoms with Gasteiger partial charge >= 0.3 is 6.09 Å². The third-order valence-corrected chi connectivity index (χ3v) is 6.96. The van der Waals surface area contributed by atoms with E-state index in [0.29, 0.717) is 43.0 Å². The summed E-state index contributed by atoms with van der Waals surface area (Å²) in [5, 5.41) is 5.84. The summed E-state index contributed by atoms with van der Waals surface area (Å²) in [6.07, 6.45) is 2.92. The van der Waals surface area contributed by atoms with Crippen LogP contribution in [0.1, 0.15) is 52.0 Å². The Morgan fingerprint density at radius 1 is 0.944 bits per heavy atom. The van der Waals surface area contributed by atoms with Crippen molar-refractivity contribution in [1.82, 2.24) is 10.2 Å². The molecule has 192 valence electrons. The lowest BCUT2D eigenvalue weighted by Gasteiger charge is -2.37. The molecule has 1 saturated heterocycles. The van der Waals surface area contributed by atoms with Crippen LogP contribution < -0.4 is 21.3 Å². The van der Waals surface area contributed by atoms with Crippen LogP contribution in [0.15, 0.2) is 42.5 Å². The van der Waals surface area contributed by atoms with Crippen LogP contribution in [0, 0.1) is 6.92 Å². The quantitative estimate of drug-likeness (QED) is 0.589. The van der Waals surface area contributed by atoms with Gasteiger partial charge in [0.25, 0.3) is 11.8 Å². The molecule has 2 aromatic rings. The molecule has 4 rings (SSSR count). The minimum Gasteiger partial charge on any atom is -0.453 e. The van der Waals surface area contributed by atoms with Crippen molar-refractivity contribution in [3.63, 3.8) is 0 Å². The highest BCUT2D eigenvalue weighted by Gasteiger charge is 2.25. The number of amides is 3. The number of piperazine rings is 1. The Kier molecular flexibility index (Phi) is 8.10. The first-order chi connectivity index (χ1) is 17.3. The van der Waals surface area contributed by atoms with Gasteiger partial charge in [0, 0.05) is 49.4 Å². The number of anilines is 2. The molecule has 0 aromatic heterocycles. The molecule has 1 saturated carbocycles. The number of benzene rings is 2. The monoisotopic (exact) mass is 493 g/mol. The standard InChI is InChI=1S/C27H35N5O4/c1-18-4-3-5-20(16-18)26(34)32-14-12-31(13-15-32)24-11-6-19(17-23(24)30-27(35)36-2)25(33)29-22-9-7-21(28)8-10-22/h3-6,11,16-17,21-22H,7-10,12-15,28H2,1-2H3,(H,29,33)(H,30,35). The van der Waals surface area contributed by atoms with Gasteiger partial charge in [-0.2, -0.15) is 0 Å². The highest BCUT2D eigenvalue weighted by Crippen LogP contribution is 2.29. The molecule has 1 aliphatic carbocycles. The average Bonchev–Trinajstić information content (AvgIpc) is 2.89. The lowest BCUT2D eigenvalue weighted by atomic mass is 9.91. The first-order valence-electron chi connectivity index (χ1n) is 12.5. The van der Waals surface area contributed by atoms with Crippen molar-refractivity contribution in [3.05, 3.63) is 59.2 Å². The van der Waals surface area contributed by atoms with E-state index in [-0.39, 0.29) is 23.9 Å². The van der Waals surface area contributed by atoms with Crippen molar-refractivity contribution in [2.24, 2.45) is 5.73 Å². The van der Waals surface area contributed by atoms with Gasteiger partial charge in [-0.05, 0) is 62.9 Å². The Labute approximate surface area is 212 Å². The van der Waals surface area contributed by atoms with Crippen LogP contribution in [-0.2, 0) is 4.74 Å². The number of carbonyl (C=O) groups excluding carboxylic acids is 3. The number of aryl methyl sites for hydroxylation is 1. The molecule has 3 amide bonds. The molecular formula is C27H35N5O4. The van der Waals surface area contributed by atoms with Crippen LogP contribution in [-0.4, -0.2) is 68.2 Å². The summed E-state index contributed by atoms with van der Waals surface area (Å²) in [5.74, 6) is -0.162. The van der Waals surface area contributed by atoms with E-state index in [1.54, 1.807) is 12.1 Å². The van der Waals surface area contributed by atoms with Gasteiger partial charge in [0.15, 0.2) is 0 Å². The van der Waals surface area contributed by atoms with E-state index in [2.05, 4.69) is 15.5 Å². The van der Waals surface area contributed by atoms with Crippen LogP contribution in [0.25, 0.3) is 0 Å². The summed E-state index contributed by atoms with van der Waals surface area (Å²) < 4.78 is 4.80. The van der Waals surface area contributed by atoms with Gasteiger partial charge in [-0.1, -0.05) is 17.7 Å². The van der Waals surface area contributed by atoms with Gasteiger partial charge in [-0.15, -0.1) is 0 Å². The number of nitrogens with one attached hydrogen (secondary N) is 2. The molecule has 9 nitrogen and oxygen atoms in total. The van der Waals surface area contributed by atoms with Gasteiger partial charge < -0.3 is 25.6 Å². The number of rotatable bonds is 5. The van der Waals surface area contributed by atoms with Crippen molar-refractivity contribution < 1.29 is 19.1 Å². The number of nitrogens with zero attached hydrogens (tertiary/aromatic N) is 2. The fraction of sp³-hybridized carbons (Fsp3) is 0.444. The molecular weight excluding hydrogens is 458 g/mol. The fourth-order valence-electron chi connectivity index (χ4n) is 4.86. The van der Waals surface area contributed by atoms with Crippen molar-refractivity contribution >= 4 is 29.3 Å². The second kappa shape index (κ2) is 11.4. The van der Waals surface area contributed by atoms with Gasteiger partial charge in [-0.25, -0.2) is 4.79 Å². The zero-order chi connectivity index (χ0) is 25.7. The molecule has 2 fully saturated rings. The van der Waals surface area contributed by atoms with E-state index < -0.39 is 6.09 Å². The number of methoxy groups -OCH3 is 1. The van der Waals surface area contributed by atoms with Crippen LogP contribution in [0.3, 0.4) is 0 Å². The summed E-state index contributed by atoms with van der Waals surface area (Å²) in [6, 6.07) is 13.2. The van der Waals surface area contributed by atoms with Crippen LogP contribution in [0.4, 0.5) is 16.2 Å². The molecule has 0 radical (unpaired) electrons. The maximum atomic E-state index is 12.9. The molecule has 0 bridgehead atoms.